The van der Waals surface area contributed by atoms with Crippen LogP contribution in [0.25, 0.3) is 10.1 Å². The van der Waals surface area contributed by atoms with Gasteiger partial charge in [0.05, 0.1) is 24.6 Å². The standard InChI is InChI=1S/C21H25N3O5S/c22-21(27)20-19(14-4-1-2-5-16(14)30-20)15-12-24(9-11-29-15)18(26)13-28-10-8-23-7-3-6-17(23)25/h1-2,4-5,15H,3,6-13H2,(H2,22,27)/t15-/m1/s1. The smallest absolute Gasteiger partial charge is 0.259 e. The molecule has 9 heteroatoms. The van der Waals surface area contributed by atoms with Crippen LogP contribution in [0.15, 0.2) is 24.3 Å². The van der Waals surface area contributed by atoms with Crippen LogP contribution in [-0.4, -0.2) is 73.5 Å². The monoisotopic (exact) mass is 431 g/mol. The van der Waals surface area contributed by atoms with Crippen molar-refractivity contribution in [3.8, 4) is 0 Å². The highest BCUT2D eigenvalue weighted by Crippen LogP contribution is 2.37. The minimum absolute atomic E-state index is 0.0399. The Kier molecular flexibility index (Phi) is 6.31. The highest BCUT2D eigenvalue weighted by atomic mass is 32.1. The lowest BCUT2D eigenvalue weighted by Crippen LogP contribution is -2.44. The van der Waals surface area contributed by atoms with Gasteiger partial charge >= 0.3 is 0 Å². The Morgan fingerprint density at radius 3 is 2.87 bits per heavy atom. The van der Waals surface area contributed by atoms with Gasteiger partial charge in [0.25, 0.3) is 5.91 Å². The van der Waals surface area contributed by atoms with Gasteiger partial charge in [-0.2, -0.15) is 0 Å². The van der Waals surface area contributed by atoms with Crippen molar-refractivity contribution < 1.29 is 23.9 Å². The summed E-state index contributed by atoms with van der Waals surface area (Å²) in [6.45, 7) is 2.76. The second kappa shape index (κ2) is 9.11. The Balaban J connectivity index is 1.38. The number of hydrogen-bond acceptors (Lipinski definition) is 6. The summed E-state index contributed by atoms with van der Waals surface area (Å²) in [5.41, 5.74) is 6.37. The van der Waals surface area contributed by atoms with Gasteiger partial charge in [-0.1, -0.05) is 18.2 Å². The van der Waals surface area contributed by atoms with Gasteiger partial charge in [0.2, 0.25) is 11.8 Å². The number of carbonyl (C=O) groups excluding carboxylic acids is 3. The molecule has 2 fully saturated rings. The van der Waals surface area contributed by atoms with Crippen molar-refractivity contribution in [2.75, 3.05) is 46.0 Å². The Hall–Kier alpha value is -2.49. The maximum absolute atomic E-state index is 12.6. The van der Waals surface area contributed by atoms with E-state index in [0.717, 1.165) is 28.6 Å². The highest BCUT2D eigenvalue weighted by molar-refractivity contribution is 7.21. The number of hydrogen-bond donors (Lipinski definition) is 1. The number of likely N-dealkylation sites (tertiary alicyclic amines) is 1. The molecule has 0 spiro atoms. The van der Waals surface area contributed by atoms with E-state index in [1.807, 2.05) is 24.3 Å². The maximum Gasteiger partial charge on any atom is 0.259 e. The van der Waals surface area contributed by atoms with Gasteiger partial charge in [-0.05, 0) is 17.9 Å². The van der Waals surface area contributed by atoms with Crippen molar-refractivity contribution >= 4 is 39.1 Å². The molecule has 1 aromatic heterocycles. The summed E-state index contributed by atoms with van der Waals surface area (Å²) in [6, 6.07) is 7.72. The van der Waals surface area contributed by atoms with Crippen molar-refractivity contribution in [2.45, 2.75) is 18.9 Å². The zero-order valence-electron chi connectivity index (χ0n) is 16.7. The number of morpholine rings is 1. The maximum atomic E-state index is 12.6. The lowest BCUT2D eigenvalue weighted by atomic mass is 10.0. The molecular formula is C21H25N3O5S. The third-order valence-corrected chi connectivity index (χ3v) is 6.70. The molecule has 8 nitrogen and oxygen atoms in total. The number of rotatable bonds is 7. The van der Waals surface area contributed by atoms with E-state index < -0.39 is 12.0 Å². The normalized spacial score (nSPS) is 19.6. The van der Waals surface area contributed by atoms with E-state index >= 15 is 0 Å². The molecule has 2 saturated heterocycles. The molecule has 160 valence electrons. The van der Waals surface area contributed by atoms with Crippen molar-refractivity contribution in [3.63, 3.8) is 0 Å². The molecule has 0 aliphatic carbocycles. The van der Waals surface area contributed by atoms with Crippen molar-refractivity contribution in [1.29, 1.82) is 0 Å². The van der Waals surface area contributed by atoms with E-state index in [4.69, 9.17) is 15.2 Å². The topological polar surface area (TPSA) is 102 Å². The second-order valence-electron chi connectivity index (χ2n) is 7.44. The fraction of sp³-hybridized carbons (Fsp3) is 0.476. The molecule has 2 aromatic rings. The van der Waals surface area contributed by atoms with Crippen LogP contribution >= 0.6 is 11.3 Å². The average Bonchev–Trinajstić information content (AvgIpc) is 3.34. The molecule has 3 amide bonds. The molecule has 3 heterocycles. The van der Waals surface area contributed by atoms with Gasteiger partial charge in [-0.15, -0.1) is 11.3 Å². The van der Waals surface area contributed by atoms with Gasteiger partial charge in [-0.25, -0.2) is 0 Å². The van der Waals surface area contributed by atoms with E-state index in [2.05, 4.69) is 0 Å². The number of fused-ring (bicyclic) bond motifs is 1. The van der Waals surface area contributed by atoms with Crippen molar-refractivity contribution in [1.82, 2.24) is 9.80 Å². The number of amides is 3. The fourth-order valence-electron chi connectivity index (χ4n) is 3.98. The van der Waals surface area contributed by atoms with Crippen LogP contribution in [0.3, 0.4) is 0 Å². The van der Waals surface area contributed by atoms with E-state index in [0.29, 0.717) is 44.1 Å². The number of benzene rings is 1. The van der Waals surface area contributed by atoms with Crippen LogP contribution in [0.5, 0.6) is 0 Å². The minimum Gasteiger partial charge on any atom is -0.370 e. The van der Waals surface area contributed by atoms with Crippen LogP contribution in [0, 0.1) is 0 Å². The first-order valence-electron chi connectivity index (χ1n) is 10.1. The Morgan fingerprint density at radius 1 is 1.27 bits per heavy atom. The molecule has 0 bridgehead atoms. The zero-order chi connectivity index (χ0) is 21.1. The summed E-state index contributed by atoms with van der Waals surface area (Å²) in [7, 11) is 0. The zero-order valence-corrected chi connectivity index (χ0v) is 17.5. The van der Waals surface area contributed by atoms with Crippen LogP contribution in [0.4, 0.5) is 0 Å². The first-order valence-corrected chi connectivity index (χ1v) is 10.9. The molecule has 2 N–H and O–H groups in total. The minimum atomic E-state index is -0.488. The highest BCUT2D eigenvalue weighted by Gasteiger charge is 2.31. The van der Waals surface area contributed by atoms with Crippen molar-refractivity contribution in [3.05, 3.63) is 34.7 Å². The van der Waals surface area contributed by atoms with Gasteiger partial charge < -0.3 is 25.0 Å². The molecule has 2 aliphatic rings. The summed E-state index contributed by atoms with van der Waals surface area (Å²) in [5, 5.41) is 0.933. The Labute approximate surface area is 178 Å². The van der Waals surface area contributed by atoms with Gasteiger partial charge in [0.15, 0.2) is 0 Å². The van der Waals surface area contributed by atoms with Crippen LogP contribution in [0.1, 0.15) is 34.2 Å². The third kappa shape index (κ3) is 4.33. The van der Waals surface area contributed by atoms with Crippen LogP contribution in [-0.2, 0) is 19.1 Å². The number of nitrogens with zero attached hydrogens (tertiary/aromatic N) is 2. The largest absolute Gasteiger partial charge is 0.370 e. The van der Waals surface area contributed by atoms with Crippen LogP contribution < -0.4 is 5.73 Å². The number of nitrogens with two attached hydrogens (primary N) is 1. The average molecular weight is 432 g/mol. The Morgan fingerprint density at radius 2 is 2.10 bits per heavy atom. The van der Waals surface area contributed by atoms with Gasteiger partial charge in [-0.3, -0.25) is 14.4 Å². The molecule has 4 rings (SSSR count). The molecular weight excluding hydrogens is 406 g/mol. The SMILES string of the molecule is NC(=O)c1sc2ccccc2c1[C@H]1CN(C(=O)COCCN2CCCC2=O)CCO1. The van der Waals surface area contributed by atoms with E-state index in [-0.39, 0.29) is 18.4 Å². The van der Waals surface area contributed by atoms with Gasteiger partial charge in [0.1, 0.15) is 12.7 Å². The summed E-state index contributed by atoms with van der Waals surface area (Å²) in [6.07, 6.45) is 1.07. The Bertz CT molecular complexity index is 959. The second-order valence-corrected chi connectivity index (χ2v) is 8.49. The number of ether oxygens (including phenoxy) is 2. The molecule has 0 saturated carbocycles. The molecule has 1 atom stereocenters. The summed E-state index contributed by atoms with van der Waals surface area (Å²) in [5.74, 6) is -0.469. The number of primary amides is 1. The predicted molar refractivity (Wildman–Crippen MR) is 112 cm³/mol. The number of thiophene rings is 1. The summed E-state index contributed by atoms with van der Waals surface area (Å²) in [4.78, 5) is 40.2. The molecule has 1 aromatic carbocycles. The third-order valence-electron chi connectivity index (χ3n) is 5.50. The van der Waals surface area contributed by atoms with Crippen molar-refractivity contribution in [2.24, 2.45) is 5.73 Å². The number of carbonyl (C=O) groups is 3. The van der Waals surface area contributed by atoms with Gasteiger partial charge in [0, 0.05) is 36.3 Å². The lowest BCUT2D eigenvalue weighted by Gasteiger charge is -2.33. The van der Waals surface area contributed by atoms with E-state index in [9.17, 15) is 14.4 Å². The van der Waals surface area contributed by atoms with E-state index in [1.165, 1.54) is 11.3 Å². The first-order chi connectivity index (χ1) is 14.5. The quantitative estimate of drug-likeness (QED) is 0.670. The van der Waals surface area contributed by atoms with Crippen LogP contribution in [0.2, 0.25) is 0 Å². The first kappa shape index (κ1) is 20.8. The fourth-order valence-corrected chi connectivity index (χ4v) is 5.09. The summed E-state index contributed by atoms with van der Waals surface area (Å²) < 4.78 is 12.4. The molecule has 30 heavy (non-hydrogen) atoms. The summed E-state index contributed by atoms with van der Waals surface area (Å²) >= 11 is 1.35. The predicted octanol–water partition coefficient (Wildman–Crippen LogP) is 1.54. The lowest BCUT2D eigenvalue weighted by molar-refractivity contribution is -0.144. The van der Waals surface area contributed by atoms with E-state index in [1.54, 1.807) is 9.80 Å². The molecule has 0 radical (unpaired) electrons. The molecule has 0 unspecified atom stereocenters. The molecule has 2 aliphatic heterocycles.